The van der Waals surface area contributed by atoms with Crippen molar-refractivity contribution in [2.45, 2.75) is 51.5 Å². The van der Waals surface area contributed by atoms with Gasteiger partial charge in [-0.3, -0.25) is 9.59 Å². The minimum Gasteiger partial charge on any atom is -0.340 e. The topological polar surface area (TPSA) is 40.6 Å². The van der Waals surface area contributed by atoms with Crippen LogP contribution in [0.15, 0.2) is 24.3 Å². The van der Waals surface area contributed by atoms with Crippen LogP contribution < -0.4 is 0 Å². The number of likely N-dealkylation sites (tertiary alicyclic amines) is 1. The van der Waals surface area contributed by atoms with E-state index < -0.39 is 0 Å². The van der Waals surface area contributed by atoms with Gasteiger partial charge in [-0.05, 0) is 56.9 Å². The van der Waals surface area contributed by atoms with E-state index in [1.54, 1.807) is 24.3 Å². The van der Waals surface area contributed by atoms with Gasteiger partial charge < -0.3 is 9.80 Å². The van der Waals surface area contributed by atoms with Gasteiger partial charge >= 0.3 is 0 Å². The zero-order valence-corrected chi connectivity index (χ0v) is 15.7. The highest BCUT2D eigenvalue weighted by molar-refractivity contribution is 6.30. The Bertz CT molecular complexity index is 611. The fraction of sp³-hybridized carbons (Fsp3) is 0.600. The maximum Gasteiger partial charge on any atom is 0.253 e. The minimum atomic E-state index is -0.0643. The number of amides is 2. The maximum atomic E-state index is 13.0. The second kappa shape index (κ2) is 8.22. The molecular formula is C20H27ClN2O2. The number of rotatable bonds is 4. The van der Waals surface area contributed by atoms with E-state index >= 15 is 0 Å². The van der Waals surface area contributed by atoms with Crippen molar-refractivity contribution in [3.8, 4) is 0 Å². The van der Waals surface area contributed by atoms with Gasteiger partial charge in [-0.2, -0.15) is 0 Å². The van der Waals surface area contributed by atoms with Crippen LogP contribution >= 0.6 is 11.6 Å². The van der Waals surface area contributed by atoms with Crippen LogP contribution in [-0.2, 0) is 4.79 Å². The average molecular weight is 363 g/mol. The zero-order valence-electron chi connectivity index (χ0n) is 14.9. The van der Waals surface area contributed by atoms with Gasteiger partial charge in [0, 0.05) is 36.3 Å². The van der Waals surface area contributed by atoms with Gasteiger partial charge in [-0.1, -0.05) is 24.4 Å². The largest absolute Gasteiger partial charge is 0.340 e. The van der Waals surface area contributed by atoms with Gasteiger partial charge in [0.05, 0.1) is 5.92 Å². The van der Waals surface area contributed by atoms with Crippen LogP contribution in [0.25, 0.3) is 0 Å². The maximum absolute atomic E-state index is 13.0. The van der Waals surface area contributed by atoms with Crippen LogP contribution in [0.1, 0.15) is 55.8 Å². The molecular weight excluding hydrogens is 336 g/mol. The van der Waals surface area contributed by atoms with Gasteiger partial charge in [0.15, 0.2) is 0 Å². The predicted octanol–water partition coefficient (Wildman–Crippen LogP) is 3.98. The van der Waals surface area contributed by atoms with E-state index in [2.05, 4.69) is 11.8 Å². The third kappa shape index (κ3) is 4.17. The molecule has 5 heteroatoms. The lowest BCUT2D eigenvalue weighted by Gasteiger charge is -2.37. The molecule has 2 aliphatic rings. The second-order valence-electron chi connectivity index (χ2n) is 7.16. The lowest BCUT2D eigenvalue weighted by molar-refractivity contribution is -0.139. The van der Waals surface area contributed by atoms with Crippen LogP contribution in [-0.4, -0.2) is 47.3 Å². The molecule has 0 radical (unpaired) electrons. The molecule has 1 heterocycles. The molecule has 2 amide bonds. The molecule has 1 atom stereocenters. The monoisotopic (exact) mass is 362 g/mol. The van der Waals surface area contributed by atoms with E-state index in [1.807, 2.05) is 4.90 Å². The fourth-order valence-electron chi connectivity index (χ4n) is 4.18. The average Bonchev–Trinajstić information content (AvgIpc) is 3.17. The fourth-order valence-corrected chi connectivity index (χ4v) is 4.31. The standard InChI is InChI=1S/C20H27ClN2O2/c1-2-23(18-7-3-4-8-18)20(25)16-6-5-13-22(14-16)19(24)15-9-11-17(21)12-10-15/h9-12,16,18H,2-8,13-14H2,1H3. The summed E-state index contributed by atoms with van der Waals surface area (Å²) in [5.41, 5.74) is 0.639. The van der Waals surface area contributed by atoms with Crippen molar-refractivity contribution in [1.29, 1.82) is 0 Å². The molecule has 0 spiro atoms. The third-order valence-corrected chi connectivity index (χ3v) is 5.79. The summed E-state index contributed by atoms with van der Waals surface area (Å²) in [5.74, 6) is 0.173. The van der Waals surface area contributed by atoms with Gasteiger partial charge in [0.1, 0.15) is 0 Å². The number of benzene rings is 1. The Morgan fingerprint density at radius 2 is 1.80 bits per heavy atom. The van der Waals surface area contributed by atoms with Crippen molar-refractivity contribution >= 4 is 23.4 Å². The summed E-state index contributed by atoms with van der Waals surface area (Å²) in [6, 6.07) is 7.39. The van der Waals surface area contributed by atoms with E-state index in [0.29, 0.717) is 23.2 Å². The molecule has 1 saturated carbocycles. The summed E-state index contributed by atoms with van der Waals surface area (Å²) in [6.45, 7) is 4.09. The number of hydrogen-bond donors (Lipinski definition) is 0. The molecule has 1 aromatic carbocycles. The molecule has 1 aromatic rings. The molecule has 0 bridgehead atoms. The first-order chi connectivity index (χ1) is 12.1. The molecule has 136 valence electrons. The number of carbonyl (C=O) groups excluding carboxylic acids is 2. The van der Waals surface area contributed by atoms with Crippen molar-refractivity contribution in [3.63, 3.8) is 0 Å². The first-order valence-corrected chi connectivity index (χ1v) is 9.83. The minimum absolute atomic E-state index is 0.00178. The Kier molecular flexibility index (Phi) is 6.00. The molecule has 25 heavy (non-hydrogen) atoms. The van der Waals surface area contributed by atoms with E-state index in [1.165, 1.54) is 12.8 Å². The molecule has 2 fully saturated rings. The summed E-state index contributed by atoms with van der Waals surface area (Å²) in [6.07, 6.45) is 6.46. The van der Waals surface area contributed by atoms with Crippen LogP contribution in [0.4, 0.5) is 0 Å². The normalized spacial score (nSPS) is 21.4. The van der Waals surface area contributed by atoms with Crippen molar-refractivity contribution < 1.29 is 9.59 Å². The highest BCUT2D eigenvalue weighted by Crippen LogP contribution is 2.27. The van der Waals surface area contributed by atoms with Gasteiger partial charge in [0.2, 0.25) is 5.91 Å². The van der Waals surface area contributed by atoms with Gasteiger partial charge in [0.25, 0.3) is 5.91 Å². The Morgan fingerprint density at radius 3 is 2.44 bits per heavy atom. The van der Waals surface area contributed by atoms with E-state index in [9.17, 15) is 9.59 Å². The van der Waals surface area contributed by atoms with Crippen LogP contribution in [0.3, 0.4) is 0 Å². The number of hydrogen-bond acceptors (Lipinski definition) is 2. The quantitative estimate of drug-likeness (QED) is 0.812. The summed E-state index contributed by atoms with van der Waals surface area (Å²) in [4.78, 5) is 29.7. The number of nitrogens with zero attached hydrogens (tertiary/aromatic N) is 2. The number of halogens is 1. The van der Waals surface area contributed by atoms with Crippen molar-refractivity contribution in [2.75, 3.05) is 19.6 Å². The Morgan fingerprint density at radius 1 is 1.12 bits per heavy atom. The highest BCUT2D eigenvalue weighted by atomic mass is 35.5. The summed E-state index contributed by atoms with van der Waals surface area (Å²) in [5, 5.41) is 0.624. The van der Waals surface area contributed by atoms with Crippen molar-refractivity contribution in [3.05, 3.63) is 34.9 Å². The summed E-state index contributed by atoms with van der Waals surface area (Å²) < 4.78 is 0. The Hall–Kier alpha value is -1.55. The highest BCUT2D eigenvalue weighted by Gasteiger charge is 2.34. The molecule has 1 saturated heterocycles. The SMILES string of the molecule is CCN(C(=O)C1CCCN(C(=O)c2ccc(Cl)cc2)C1)C1CCCC1. The zero-order chi connectivity index (χ0) is 17.8. The third-order valence-electron chi connectivity index (χ3n) is 5.54. The van der Waals surface area contributed by atoms with Gasteiger partial charge in [-0.25, -0.2) is 0 Å². The molecule has 1 aliphatic heterocycles. The molecule has 4 nitrogen and oxygen atoms in total. The first-order valence-electron chi connectivity index (χ1n) is 9.45. The summed E-state index contributed by atoms with van der Waals surface area (Å²) in [7, 11) is 0. The first kappa shape index (κ1) is 18.2. The van der Waals surface area contributed by atoms with Crippen LogP contribution in [0.5, 0.6) is 0 Å². The predicted molar refractivity (Wildman–Crippen MR) is 99.7 cm³/mol. The van der Waals surface area contributed by atoms with Crippen LogP contribution in [0, 0.1) is 5.92 Å². The lowest BCUT2D eigenvalue weighted by atomic mass is 9.95. The lowest BCUT2D eigenvalue weighted by Crippen LogP contribution is -2.49. The molecule has 0 aromatic heterocycles. The summed E-state index contributed by atoms with van der Waals surface area (Å²) >= 11 is 5.90. The van der Waals surface area contributed by atoms with E-state index in [0.717, 1.165) is 38.8 Å². The molecule has 1 aliphatic carbocycles. The molecule has 3 rings (SSSR count). The van der Waals surface area contributed by atoms with Crippen molar-refractivity contribution in [2.24, 2.45) is 5.92 Å². The van der Waals surface area contributed by atoms with Crippen LogP contribution in [0.2, 0.25) is 5.02 Å². The van der Waals surface area contributed by atoms with E-state index in [4.69, 9.17) is 11.6 Å². The second-order valence-corrected chi connectivity index (χ2v) is 7.60. The van der Waals surface area contributed by atoms with Gasteiger partial charge in [-0.15, -0.1) is 0 Å². The molecule has 1 unspecified atom stereocenters. The number of carbonyl (C=O) groups is 2. The molecule has 0 N–H and O–H groups in total. The van der Waals surface area contributed by atoms with Crippen molar-refractivity contribution in [1.82, 2.24) is 9.80 Å². The smallest absolute Gasteiger partial charge is 0.253 e. The Balaban J connectivity index is 1.66. The Labute approximate surface area is 155 Å². The number of piperidine rings is 1. The van der Waals surface area contributed by atoms with E-state index in [-0.39, 0.29) is 17.7 Å².